The highest BCUT2D eigenvalue weighted by Gasteiger charge is 2.26. The molecule has 7 nitrogen and oxygen atoms in total. The van der Waals surface area contributed by atoms with Crippen molar-refractivity contribution in [3.8, 4) is 0 Å². The van der Waals surface area contributed by atoms with E-state index in [2.05, 4.69) is 9.98 Å². The second-order valence-corrected chi connectivity index (χ2v) is 4.89. The lowest BCUT2D eigenvalue weighted by Crippen LogP contribution is -2.25. The Labute approximate surface area is 130 Å². The molecule has 114 valence electrons. The third-order valence-electron chi connectivity index (χ3n) is 3.40. The summed E-state index contributed by atoms with van der Waals surface area (Å²) in [4.78, 5) is 30.5. The number of benzene rings is 2. The molecule has 0 aromatic heterocycles. The molecule has 1 atom stereocenters. The summed E-state index contributed by atoms with van der Waals surface area (Å²) < 4.78 is 0. The average molecular weight is 309 g/mol. The molecule has 1 N–H and O–H groups in total. The van der Waals surface area contributed by atoms with Crippen LogP contribution in [-0.4, -0.2) is 27.9 Å². The van der Waals surface area contributed by atoms with Gasteiger partial charge in [0.2, 0.25) is 0 Å². The van der Waals surface area contributed by atoms with Gasteiger partial charge in [0.1, 0.15) is 5.92 Å². The number of aliphatic imine (C=N–C) groups is 2. The van der Waals surface area contributed by atoms with E-state index in [1.54, 1.807) is 30.3 Å². The summed E-state index contributed by atoms with van der Waals surface area (Å²) >= 11 is 0. The van der Waals surface area contributed by atoms with Gasteiger partial charge in [0, 0.05) is 23.9 Å². The summed E-state index contributed by atoms with van der Waals surface area (Å²) in [5, 5.41) is 20.4. The molecule has 0 spiro atoms. The van der Waals surface area contributed by atoms with E-state index in [0.717, 1.165) is 0 Å². The number of non-ortho nitro benzene ring substituents is 1. The van der Waals surface area contributed by atoms with Crippen LogP contribution in [0.25, 0.3) is 0 Å². The Bertz CT molecular complexity index is 858. The third-order valence-corrected chi connectivity index (χ3v) is 3.40. The van der Waals surface area contributed by atoms with E-state index in [4.69, 9.17) is 0 Å². The molecule has 0 fully saturated rings. The Morgan fingerprint density at radius 2 is 1.87 bits per heavy atom. The van der Waals surface area contributed by atoms with Crippen LogP contribution in [0.3, 0.4) is 0 Å². The van der Waals surface area contributed by atoms with Crippen LogP contribution in [0.5, 0.6) is 0 Å². The fraction of sp³-hybridized carbons (Fsp3) is 0.0625. The second-order valence-electron chi connectivity index (χ2n) is 4.89. The summed E-state index contributed by atoms with van der Waals surface area (Å²) in [6, 6.07) is 12.8. The Morgan fingerprint density at radius 3 is 2.57 bits per heavy atom. The summed E-state index contributed by atoms with van der Waals surface area (Å²) in [7, 11) is 0. The van der Waals surface area contributed by atoms with Crippen LogP contribution >= 0.6 is 0 Å². The lowest BCUT2D eigenvalue weighted by Gasteiger charge is -2.10. The number of nitrogens with zero attached hydrogens (tertiary/aromatic N) is 3. The number of nitro groups is 1. The molecule has 0 saturated heterocycles. The quantitative estimate of drug-likeness (QED) is 0.694. The van der Waals surface area contributed by atoms with Crippen LogP contribution in [0.2, 0.25) is 0 Å². The normalized spacial score (nSPS) is 16.2. The molecule has 1 aliphatic rings. The number of aliphatic carboxylic acids is 1. The topological polar surface area (TPSA) is 105 Å². The molecular formula is C16H11N3O4. The first-order valence-electron chi connectivity index (χ1n) is 6.75. The predicted molar refractivity (Wildman–Crippen MR) is 85.0 cm³/mol. The van der Waals surface area contributed by atoms with Crippen molar-refractivity contribution in [1.29, 1.82) is 0 Å². The highest BCUT2D eigenvalue weighted by atomic mass is 16.6. The van der Waals surface area contributed by atoms with Crippen LogP contribution in [0.1, 0.15) is 5.56 Å². The van der Waals surface area contributed by atoms with Gasteiger partial charge in [-0.15, -0.1) is 0 Å². The molecule has 0 radical (unpaired) electrons. The van der Waals surface area contributed by atoms with Gasteiger partial charge in [-0.05, 0) is 12.1 Å². The number of nitro benzene ring substituents is 1. The zero-order valence-electron chi connectivity index (χ0n) is 11.8. The smallest absolute Gasteiger partial charge is 0.318 e. The summed E-state index contributed by atoms with van der Waals surface area (Å²) in [5.41, 5.74) is 1.56. The highest BCUT2D eigenvalue weighted by molar-refractivity contribution is 6.22. The summed E-state index contributed by atoms with van der Waals surface area (Å²) in [6.07, 6.45) is 1.30. The van der Waals surface area contributed by atoms with Gasteiger partial charge in [-0.25, -0.2) is 4.99 Å². The van der Waals surface area contributed by atoms with Crippen molar-refractivity contribution in [2.75, 3.05) is 0 Å². The van der Waals surface area contributed by atoms with Gasteiger partial charge in [-0.3, -0.25) is 19.9 Å². The van der Waals surface area contributed by atoms with Crippen LogP contribution in [0.4, 0.5) is 17.1 Å². The van der Waals surface area contributed by atoms with Crippen LogP contribution in [-0.2, 0) is 4.79 Å². The summed E-state index contributed by atoms with van der Waals surface area (Å²) in [5.74, 6) is -2.20. The standard InChI is InChI=1S/C16H11N3O4/c20-16(21)12-9-17-13-6-1-2-7-14(13)18-15(12)10-4-3-5-11(8-10)19(22)23/h1-9,12H,(H,20,21). The molecular weight excluding hydrogens is 298 g/mol. The van der Waals surface area contributed by atoms with Gasteiger partial charge in [0.25, 0.3) is 5.69 Å². The Kier molecular flexibility index (Phi) is 3.68. The Balaban J connectivity index is 2.19. The molecule has 1 aliphatic heterocycles. The molecule has 2 aromatic rings. The van der Waals surface area contributed by atoms with Gasteiger partial charge in [-0.2, -0.15) is 0 Å². The van der Waals surface area contributed by atoms with Crippen molar-refractivity contribution in [2.45, 2.75) is 0 Å². The maximum absolute atomic E-state index is 11.6. The van der Waals surface area contributed by atoms with E-state index < -0.39 is 16.8 Å². The minimum absolute atomic E-state index is 0.121. The fourth-order valence-electron chi connectivity index (χ4n) is 2.30. The lowest BCUT2D eigenvalue weighted by molar-refractivity contribution is -0.384. The van der Waals surface area contributed by atoms with E-state index >= 15 is 0 Å². The van der Waals surface area contributed by atoms with Gasteiger partial charge in [0.05, 0.1) is 22.0 Å². The number of carboxylic acids is 1. The third kappa shape index (κ3) is 2.84. The molecule has 23 heavy (non-hydrogen) atoms. The zero-order chi connectivity index (χ0) is 16.4. The second kappa shape index (κ2) is 5.80. The molecule has 2 aromatic carbocycles. The molecule has 1 heterocycles. The maximum Gasteiger partial charge on any atom is 0.318 e. The molecule has 0 aliphatic carbocycles. The van der Waals surface area contributed by atoms with Gasteiger partial charge < -0.3 is 5.11 Å². The minimum atomic E-state index is -1.12. The van der Waals surface area contributed by atoms with E-state index in [-0.39, 0.29) is 11.4 Å². The monoisotopic (exact) mass is 309 g/mol. The van der Waals surface area contributed by atoms with E-state index in [1.165, 1.54) is 24.4 Å². The Hall–Kier alpha value is -3.35. The molecule has 3 rings (SSSR count). The van der Waals surface area contributed by atoms with Crippen molar-refractivity contribution < 1.29 is 14.8 Å². The van der Waals surface area contributed by atoms with Crippen molar-refractivity contribution in [3.63, 3.8) is 0 Å². The first-order valence-corrected chi connectivity index (χ1v) is 6.75. The van der Waals surface area contributed by atoms with E-state index in [9.17, 15) is 20.0 Å². The number of carboxylic acid groups (broad SMARTS) is 1. The van der Waals surface area contributed by atoms with E-state index in [0.29, 0.717) is 16.9 Å². The van der Waals surface area contributed by atoms with E-state index in [1.807, 2.05) is 0 Å². The van der Waals surface area contributed by atoms with Crippen molar-refractivity contribution >= 4 is 35.0 Å². The van der Waals surface area contributed by atoms with Crippen LogP contribution in [0.15, 0.2) is 58.5 Å². The number of rotatable bonds is 3. The van der Waals surface area contributed by atoms with Crippen molar-refractivity contribution in [3.05, 3.63) is 64.2 Å². The zero-order valence-corrected chi connectivity index (χ0v) is 11.8. The SMILES string of the molecule is O=C(O)C1C=Nc2ccccc2N=C1c1cccc([N+](=O)[O-])c1. The lowest BCUT2D eigenvalue weighted by atomic mass is 9.97. The average Bonchev–Trinajstić information content (AvgIpc) is 2.74. The predicted octanol–water partition coefficient (Wildman–Crippen LogP) is 3.13. The number of carbonyl (C=O) groups is 1. The fourth-order valence-corrected chi connectivity index (χ4v) is 2.30. The first kappa shape index (κ1) is 14.6. The minimum Gasteiger partial charge on any atom is -0.480 e. The largest absolute Gasteiger partial charge is 0.480 e. The summed E-state index contributed by atoms with van der Waals surface area (Å²) in [6.45, 7) is 0. The number of hydrogen-bond donors (Lipinski definition) is 1. The first-order chi connectivity index (χ1) is 11.1. The Morgan fingerprint density at radius 1 is 1.13 bits per heavy atom. The molecule has 7 heteroatoms. The van der Waals surface area contributed by atoms with Gasteiger partial charge >= 0.3 is 5.97 Å². The van der Waals surface area contributed by atoms with Crippen LogP contribution < -0.4 is 0 Å². The van der Waals surface area contributed by atoms with Crippen molar-refractivity contribution in [1.82, 2.24) is 0 Å². The maximum atomic E-state index is 11.6. The number of hydrogen-bond acceptors (Lipinski definition) is 5. The number of fused-ring (bicyclic) bond motifs is 1. The van der Waals surface area contributed by atoms with Gasteiger partial charge in [-0.1, -0.05) is 24.3 Å². The molecule has 0 saturated carbocycles. The van der Waals surface area contributed by atoms with Crippen molar-refractivity contribution in [2.24, 2.45) is 15.9 Å². The number of para-hydroxylation sites is 2. The molecule has 0 amide bonds. The van der Waals surface area contributed by atoms with Gasteiger partial charge in [0.15, 0.2) is 0 Å². The highest BCUT2D eigenvalue weighted by Crippen LogP contribution is 2.31. The molecule has 1 unspecified atom stereocenters. The van der Waals surface area contributed by atoms with Crippen LogP contribution in [0, 0.1) is 16.0 Å². The molecule has 0 bridgehead atoms.